The van der Waals surface area contributed by atoms with Gasteiger partial charge in [-0.05, 0) is 42.5 Å². The van der Waals surface area contributed by atoms with E-state index in [-0.39, 0.29) is 0 Å². The van der Waals surface area contributed by atoms with Crippen molar-refractivity contribution in [2.75, 3.05) is 6.54 Å². The van der Waals surface area contributed by atoms with Crippen molar-refractivity contribution in [2.24, 2.45) is 11.7 Å². The third-order valence-corrected chi connectivity index (χ3v) is 5.62. The van der Waals surface area contributed by atoms with Gasteiger partial charge in [-0.3, -0.25) is 0 Å². The van der Waals surface area contributed by atoms with Crippen LogP contribution >= 0.6 is 0 Å². The molecule has 0 atom stereocenters. The average molecular weight is 296 g/mol. The first kappa shape index (κ1) is 15.5. The quantitative estimate of drug-likeness (QED) is 0.846. The summed E-state index contributed by atoms with van der Waals surface area (Å²) in [4.78, 5) is 0.332. The fraction of sp³-hybridized carbons (Fsp3) is 0.600. The Labute approximate surface area is 121 Å². The molecule has 0 amide bonds. The Bertz CT molecular complexity index is 549. The fourth-order valence-electron chi connectivity index (χ4n) is 2.84. The highest BCUT2D eigenvalue weighted by atomic mass is 32.2. The first-order chi connectivity index (χ1) is 9.53. The predicted molar refractivity (Wildman–Crippen MR) is 80.8 cm³/mol. The van der Waals surface area contributed by atoms with Gasteiger partial charge in [-0.2, -0.15) is 0 Å². The Kier molecular flexibility index (Phi) is 5.18. The lowest BCUT2D eigenvalue weighted by Gasteiger charge is -2.11. The van der Waals surface area contributed by atoms with Gasteiger partial charge in [0.1, 0.15) is 0 Å². The summed E-state index contributed by atoms with van der Waals surface area (Å²) in [5, 5.41) is 0. The van der Waals surface area contributed by atoms with Gasteiger partial charge in [0.05, 0.1) is 4.90 Å². The van der Waals surface area contributed by atoms with Crippen molar-refractivity contribution in [1.29, 1.82) is 0 Å². The Morgan fingerprint density at radius 2 is 2.00 bits per heavy atom. The van der Waals surface area contributed by atoms with Crippen molar-refractivity contribution < 1.29 is 8.42 Å². The molecule has 1 saturated carbocycles. The summed E-state index contributed by atoms with van der Waals surface area (Å²) in [6, 6.07) is 5.12. The highest BCUT2D eigenvalue weighted by molar-refractivity contribution is 7.89. The zero-order valence-electron chi connectivity index (χ0n) is 12.1. The first-order valence-electron chi connectivity index (χ1n) is 7.32. The summed E-state index contributed by atoms with van der Waals surface area (Å²) in [6.45, 7) is 2.85. The van der Waals surface area contributed by atoms with E-state index >= 15 is 0 Å². The van der Waals surface area contributed by atoms with Gasteiger partial charge in [0.2, 0.25) is 10.0 Å². The van der Waals surface area contributed by atoms with Crippen molar-refractivity contribution in [1.82, 2.24) is 4.72 Å². The predicted octanol–water partition coefficient (Wildman–Crippen LogP) is 2.31. The summed E-state index contributed by atoms with van der Waals surface area (Å²) in [6.07, 6.45) is 6.01. The summed E-state index contributed by atoms with van der Waals surface area (Å²) in [5.74, 6) is 0.694. The second-order valence-corrected chi connectivity index (χ2v) is 7.40. The molecule has 112 valence electrons. The Morgan fingerprint density at radius 3 is 2.60 bits per heavy atom. The maximum Gasteiger partial charge on any atom is 0.240 e. The van der Waals surface area contributed by atoms with Crippen LogP contribution in [0.5, 0.6) is 0 Å². The molecule has 1 aromatic carbocycles. The van der Waals surface area contributed by atoms with Gasteiger partial charge in [0, 0.05) is 13.1 Å². The van der Waals surface area contributed by atoms with Crippen molar-refractivity contribution in [3.63, 3.8) is 0 Å². The molecule has 1 aliphatic rings. The number of benzene rings is 1. The van der Waals surface area contributed by atoms with Crippen LogP contribution in [0.3, 0.4) is 0 Å². The van der Waals surface area contributed by atoms with Crippen LogP contribution < -0.4 is 10.5 Å². The summed E-state index contributed by atoms with van der Waals surface area (Å²) >= 11 is 0. The molecule has 1 fully saturated rings. The second-order valence-electron chi connectivity index (χ2n) is 5.63. The molecule has 5 heteroatoms. The number of rotatable bonds is 6. The molecule has 0 bridgehead atoms. The van der Waals surface area contributed by atoms with Crippen LogP contribution in [-0.4, -0.2) is 15.0 Å². The normalized spacial score (nSPS) is 16.7. The largest absolute Gasteiger partial charge is 0.326 e. The number of hydrogen-bond donors (Lipinski definition) is 2. The molecule has 0 aliphatic heterocycles. The van der Waals surface area contributed by atoms with E-state index in [0.717, 1.165) is 17.5 Å². The minimum absolute atomic E-state index is 0.332. The molecule has 3 N–H and O–H groups in total. The summed E-state index contributed by atoms with van der Waals surface area (Å²) < 4.78 is 27.1. The molecule has 2 rings (SSSR count). The van der Waals surface area contributed by atoms with E-state index in [1.54, 1.807) is 18.2 Å². The number of nitrogens with one attached hydrogen (secondary N) is 1. The van der Waals surface area contributed by atoms with Crippen LogP contribution in [-0.2, 0) is 16.6 Å². The van der Waals surface area contributed by atoms with Gasteiger partial charge in [0.25, 0.3) is 0 Å². The van der Waals surface area contributed by atoms with Crippen LogP contribution in [0.15, 0.2) is 23.1 Å². The highest BCUT2D eigenvalue weighted by Crippen LogP contribution is 2.27. The summed E-state index contributed by atoms with van der Waals surface area (Å²) in [7, 11) is -3.39. The van der Waals surface area contributed by atoms with Crippen LogP contribution in [0.2, 0.25) is 0 Å². The Hall–Kier alpha value is -0.910. The molecule has 0 heterocycles. The second kappa shape index (κ2) is 6.70. The first-order valence-corrected chi connectivity index (χ1v) is 8.80. The smallest absolute Gasteiger partial charge is 0.240 e. The molecule has 0 spiro atoms. The van der Waals surface area contributed by atoms with E-state index < -0.39 is 10.0 Å². The molecular weight excluding hydrogens is 272 g/mol. The van der Waals surface area contributed by atoms with E-state index in [9.17, 15) is 8.42 Å². The molecule has 0 saturated heterocycles. The average Bonchev–Trinajstić information content (AvgIpc) is 2.91. The maximum atomic E-state index is 12.2. The minimum Gasteiger partial charge on any atom is -0.326 e. The van der Waals surface area contributed by atoms with Gasteiger partial charge in [0.15, 0.2) is 0 Å². The number of hydrogen-bond acceptors (Lipinski definition) is 3. The molecule has 4 nitrogen and oxygen atoms in total. The lowest BCUT2D eigenvalue weighted by atomic mass is 10.1. The molecule has 0 unspecified atom stereocenters. The highest BCUT2D eigenvalue weighted by Gasteiger charge is 2.18. The SMILES string of the molecule is Cc1cc(S(=O)(=O)NCCC2CCCC2)ccc1CN. The van der Waals surface area contributed by atoms with Gasteiger partial charge in [-0.1, -0.05) is 31.7 Å². The van der Waals surface area contributed by atoms with E-state index in [4.69, 9.17) is 5.73 Å². The molecule has 0 radical (unpaired) electrons. The van der Waals surface area contributed by atoms with Crippen LogP contribution in [0.4, 0.5) is 0 Å². The van der Waals surface area contributed by atoms with Gasteiger partial charge in [-0.25, -0.2) is 13.1 Å². The molecular formula is C15H24N2O2S. The van der Waals surface area contributed by atoms with Gasteiger partial charge in [-0.15, -0.1) is 0 Å². The number of nitrogens with two attached hydrogens (primary N) is 1. The lowest BCUT2D eigenvalue weighted by Crippen LogP contribution is -2.26. The monoisotopic (exact) mass is 296 g/mol. The molecule has 1 aliphatic carbocycles. The fourth-order valence-corrected chi connectivity index (χ4v) is 3.98. The standard InChI is InChI=1S/C15H24N2O2S/c1-12-10-15(7-6-14(12)11-16)20(18,19)17-9-8-13-4-2-3-5-13/h6-7,10,13,17H,2-5,8-9,11,16H2,1H3. The van der Waals surface area contributed by atoms with Crippen LogP contribution in [0.25, 0.3) is 0 Å². The van der Waals surface area contributed by atoms with Crippen molar-refractivity contribution in [3.8, 4) is 0 Å². The van der Waals surface area contributed by atoms with Gasteiger partial charge < -0.3 is 5.73 Å². The summed E-state index contributed by atoms with van der Waals surface area (Å²) in [5.41, 5.74) is 7.50. The van der Waals surface area contributed by atoms with Gasteiger partial charge >= 0.3 is 0 Å². The zero-order valence-corrected chi connectivity index (χ0v) is 12.9. The van der Waals surface area contributed by atoms with Crippen molar-refractivity contribution in [3.05, 3.63) is 29.3 Å². The number of sulfonamides is 1. The van der Waals surface area contributed by atoms with E-state index in [1.807, 2.05) is 6.92 Å². The maximum absolute atomic E-state index is 12.2. The minimum atomic E-state index is -3.39. The molecule has 1 aromatic rings. The third-order valence-electron chi connectivity index (χ3n) is 4.16. The Morgan fingerprint density at radius 1 is 1.30 bits per heavy atom. The lowest BCUT2D eigenvalue weighted by molar-refractivity contribution is 0.495. The molecule has 20 heavy (non-hydrogen) atoms. The van der Waals surface area contributed by atoms with Crippen molar-refractivity contribution in [2.45, 2.75) is 50.5 Å². The van der Waals surface area contributed by atoms with E-state index in [2.05, 4.69) is 4.72 Å². The van der Waals surface area contributed by atoms with E-state index in [0.29, 0.717) is 23.9 Å². The topological polar surface area (TPSA) is 72.2 Å². The number of aryl methyl sites for hydroxylation is 1. The van der Waals surface area contributed by atoms with Crippen LogP contribution in [0, 0.1) is 12.8 Å². The Balaban J connectivity index is 1.96. The zero-order chi connectivity index (χ0) is 14.6. The molecule has 0 aromatic heterocycles. The third kappa shape index (κ3) is 3.81. The van der Waals surface area contributed by atoms with Crippen LogP contribution in [0.1, 0.15) is 43.2 Å². The van der Waals surface area contributed by atoms with Crippen molar-refractivity contribution >= 4 is 10.0 Å². The van der Waals surface area contributed by atoms with E-state index in [1.165, 1.54) is 25.7 Å².